The maximum absolute atomic E-state index is 4.40. The molecule has 3 rings (SSSR count). The SMILES string of the molecule is Cc1cn[nH]c1C1CCN(Cc2nccn2C)CC1. The predicted molar refractivity (Wildman–Crippen MR) is 73.8 cm³/mol. The molecule has 0 saturated carbocycles. The van der Waals surface area contributed by atoms with Gasteiger partial charge in [0.1, 0.15) is 5.82 Å². The number of nitrogens with zero attached hydrogens (tertiary/aromatic N) is 4. The van der Waals surface area contributed by atoms with Crippen LogP contribution in [0.4, 0.5) is 0 Å². The van der Waals surface area contributed by atoms with Crippen LogP contribution in [0, 0.1) is 6.92 Å². The molecule has 0 aromatic carbocycles. The van der Waals surface area contributed by atoms with Gasteiger partial charge in [0, 0.05) is 31.1 Å². The van der Waals surface area contributed by atoms with Crippen LogP contribution < -0.4 is 0 Å². The Morgan fingerprint density at radius 1 is 1.37 bits per heavy atom. The lowest BCUT2D eigenvalue weighted by Gasteiger charge is -2.31. The molecule has 3 heterocycles. The lowest BCUT2D eigenvalue weighted by molar-refractivity contribution is 0.197. The van der Waals surface area contributed by atoms with E-state index in [4.69, 9.17) is 0 Å². The number of aromatic amines is 1. The van der Waals surface area contributed by atoms with Gasteiger partial charge in [-0.3, -0.25) is 10.00 Å². The first-order chi connectivity index (χ1) is 9.24. The number of imidazole rings is 1. The molecule has 2 aromatic heterocycles. The van der Waals surface area contributed by atoms with E-state index in [2.05, 4.69) is 38.6 Å². The van der Waals surface area contributed by atoms with E-state index < -0.39 is 0 Å². The maximum atomic E-state index is 4.40. The van der Waals surface area contributed by atoms with Crippen LogP contribution in [0.3, 0.4) is 0 Å². The standard InChI is InChI=1S/C14H21N5/c1-11-9-16-17-14(11)12-3-6-19(7-4-12)10-13-15-5-8-18(13)2/h5,8-9,12H,3-4,6-7,10H2,1-2H3,(H,16,17). The number of piperidine rings is 1. The van der Waals surface area contributed by atoms with Gasteiger partial charge in [-0.25, -0.2) is 4.98 Å². The van der Waals surface area contributed by atoms with Crippen molar-refractivity contribution >= 4 is 0 Å². The molecule has 0 atom stereocenters. The van der Waals surface area contributed by atoms with Crippen LogP contribution in [-0.2, 0) is 13.6 Å². The molecule has 5 heteroatoms. The van der Waals surface area contributed by atoms with E-state index in [1.807, 2.05) is 18.6 Å². The van der Waals surface area contributed by atoms with Crippen molar-refractivity contribution < 1.29 is 0 Å². The highest BCUT2D eigenvalue weighted by atomic mass is 15.2. The summed E-state index contributed by atoms with van der Waals surface area (Å²) < 4.78 is 2.10. The summed E-state index contributed by atoms with van der Waals surface area (Å²) in [5.74, 6) is 1.79. The van der Waals surface area contributed by atoms with Gasteiger partial charge >= 0.3 is 0 Å². The Morgan fingerprint density at radius 2 is 2.16 bits per heavy atom. The number of hydrogen-bond acceptors (Lipinski definition) is 3. The number of likely N-dealkylation sites (tertiary alicyclic amines) is 1. The molecule has 102 valence electrons. The fourth-order valence-corrected chi connectivity index (χ4v) is 2.90. The van der Waals surface area contributed by atoms with Gasteiger partial charge in [0.25, 0.3) is 0 Å². The largest absolute Gasteiger partial charge is 0.337 e. The number of aromatic nitrogens is 4. The first-order valence-corrected chi connectivity index (χ1v) is 6.92. The third-order valence-corrected chi connectivity index (χ3v) is 4.15. The van der Waals surface area contributed by atoms with Crippen molar-refractivity contribution in [3.63, 3.8) is 0 Å². The highest BCUT2D eigenvalue weighted by Gasteiger charge is 2.23. The molecule has 0 spiro atoms. The summed E-state index contributed by atoms with van der Waals surface area (Å²) in [5.41, 5.74) is 2.62. The summed E-state index contributed by atoms with van der Waals surface area (Å²) in [6.07, 6.45) is 8.21. The summed E-state index contributed by atoms with van der Waals surface area (Å²) in [5, 5.41) is 7.30. The number of nitrogens with one attached hydrogen (secondary N) is 1. The minimum atomic E-state index is 0.639. The van der Waals surface area contributed by atoms with Crippen LogP contribution in [-0.4, -0.2) is 37.7 Å². The number of rotatable bonds is 3. The smallest absolute Gasteiger partial charge is 0.122 e. The molecule has 0 bridgehead atoms. The van der Waals surface area contributed by atoms with Gasteiger partial charge in [0.15, 0.2) is 0 Å². The van der Waals surface area contributed by atoms with Crippen molar-refractivity contribution in [1.82, 2.24) is 24.6 Å². The highest BCUT2D eigenvalue weighted by molar-refractivity contribution is 5.19. The molecule has 1 saturated heterocycles. The number of aryl methyl sites for hydroxylation is 2. The van der Waals surface area contributed by atoms with Gasteiger partial charge in [-0.15, -0.1) is 0 Å². The molecule has 19 heavy (non-hydrogen) atoms. The zero-order chi connectivity index (χ0) is 13.2. The van der Waals surface area contributed by atoms with E-state index in [9.17, 15) is 0 Å². The van der Waals surface area contributed by atoms with Gasteiger partial charge < -0.3 is 4.57 Å². The van der Waals surface area contributed by atoms with Crippen molar-refractivity contribution in [3.8, 4) is 0 Å². The summed E-state index contributed by atoms with van der Waals surface area (Å²) in [6, 6.07) is 0. The predicted octanol–water partition coefficient (Wildman–Crippen LogP) is 1.83. The van der Waals surface area contributed by atoms with Crippen LogP contribution in [0.1, 0.15) is 35.8 Å². The first-order valence-electron chi connectivity index (χ1n) is 6.92. The lowest BCUT2D eigenvalue weighted by Crippen LogP contribution is -2.33. The molecule has 1 aliphatic rings. The second-order valence-corrected chi connectivity index (χ2v) is 5.47. The van der Waals surface area contributed by atoms with E-state index in [0.29, 0.717) is 5.92 Å². The average Bonchev–Trinajstić information content (AvgIpc) is 3.00. The summed E-state index contributed by atoms with van der Waals surface area (Å²) in [4.78, 5) is 6.89. The molecule has 2 aromatic rings. The van der Waals surface area contributed by atoms with E-state index >= 15 is 0 Å². The Bertz CT molecular complexity index is 534. The van der Waals surface area contributed by atoms with E-state index in [0.717, 1.165) is 25.5 Å². The summed E-state index contributed by atoms with van der Waals surface area (Å²) >= 11 is 0. The third kappa shape index (κ3) is 2.56. The van der Waals surface area contributed by atoms with Crippen molar-refractivity contribution in [2.45, 2.75) is 32.2 Å². The second kappa shape index (κ2) is 5.17. The van der Waals surface area contributed by atoms with Gasteiger partial charge in [-0.05, 0) is 38.4 Å². The normalized spacial score (nSPS) is 18.0. The van der Waals surface area contributed by atoms with Crippen molar-refractivity contribution in [2.24, 2.45) is 7.05 Å². The summed E-state index contributed by atoms with van der Waals surface area (Å²) in [6.45, 7) is 5.36. The molecule has 0 radical (unpaired) electrons. The van der Waals surface area contributed by atoms with E-state index in [1.165, 1.54) is 24.1 Å². The second-order valence-electron chi connectivity index (χ2n) is 5.47. The molecule has 5 nitrogen and oxygen atoms in total. The van der Waals surface area contributed by atoms with Crippen LogP contribution in [0.15, 0.2) is 18.6 Å². The molecule has 1 aliphatic heterocycles. The van der Waals surface area contributed by atoms with Gasteiger partial charge in [-0.2, -0.15) is 5.10 Å². The van der Waals surface area contributed by atoms with Crippen LogP contribution >= 0.6 is 0 Å². The Morgan fingerprint density at radius 3 is 2.74 bits per heavy atom. The average molecular weight is 259 g/mol. The fourth-order valence-electron chi connectivity index (χ4n) is 2.90. The minimum Gasteiger partial charge on any atom is -0.337 e. The zero-order valence-electron chi connectivity index (χ0n) is 11.6. The highest BCUT2D eigenvalue weighted by Crippen LogP contribution is 2.28. The number of hydrogen-bond donors (Lipinski definition) is 1. The van der Waals surface area contributed by atoms with Crippen molar-refractivity contribution in [2.75, 3.05) is 13.1 Å². The van der Waals surface area contributed by atoms with Crippen LogP contribution in [0.5, 0.6) is 0 Å². The lowest BCUT2D eigenvalue weighted by atomic mass is 9.92. The van der Waals surface area contributed by atoms with Gasteiger partial charge in [0.05, 0.1) is 12.7 Å². The monoisotopic (exact) mass is 259 g/mol. The van der Waals surface area contributed by atoms with Crippen molar-refractivity contribution in [3.05, 3.63) is 35.7 Å². The molecule has 1 fully saturated rings. The Labute approximate surface area is 113 Å². The van der Waals surface area contributed by atoms with Crippen LogP contribution in [0.2, 0.25) is 0 Å². The van der Waals surface area contributed by atoms with Gasteiger partial charge in [0.2, 0.25) is 0 Å². The van der Waals surface area contributed by atoms with Crippen LogP contribution in [0.25, 0.3) is 0 Å². The van der Waals surface area contributed by atoms with E-state index in [1.54, 1.807) is 0 Å². The zero-order valence-corrected chi connectivity index (χ0v) is 11.6. The Kier molecular flexibility index (Phi) is 3.38. The van der Waals surface area contributed by atoms with E-state index in [-0.39, 0.29) is 0 Å². The maximum Gasteiger partial charge on any atom is 0.122 e. The minimum absolute atomic E-state index is 0.639. The molecule has 0 unspecified atom stereocenters. The molecular formula is C14H21N5. The molecule has 0 aliphatic carbocycles. The Balaban J connectivity index is 1.58. The molecular weight excluding hydrogens is 238 g/mol. The van der Waals surface area contributed by atoms with Crippen molar-refractivity contribution in [1.29, 1.82) is 0 Å². The topological polar surface area (TPSA) is 49.7 Å². The first kappa shape index (κ1) is 12.4. The fraction of sp³-hybridized carbons (Fsp3) is 0.571. The quantitative estimate of drug-likeness (QED) is 0.915. The molecule has 1 N–H and O–H groups in total. The number of H-pyrrole nitrogens is 1. The van der Waals surface area contributed by atoms with Gasteiger partial charge in [-0.1, -0.05) is 0 Å². The summed E-state index contributed by atoms with van der Waals surface area (Å²) in [7, 11) is 2.06. The third-order valence-electron chi connectivity index (χ3n) is 4.15. The Hall–Kier alpha value is -1.62. The molecule has 0 amide bonds.